The molecule has 0 aliphatic carbocycles. The van der Waals surface area contributed by atoms with Crippen LogP contribution in [0.1, 0.15) is 26.2 Å². The number of amides is 2. The van der Waals surface area contributed by atoms with Crippen LogP contribution in [-0.2, 0) is 28.6 Å². The molecule has 198 valence electrons. The number of ether oxygens (including phenoxy) is 3. The third kappa shape index (κ3) is 4.27. The largest absolute Gasteiger partial charge is 0.465 e. The topological polar surface area (TPSA) is 109 Å². The fraction of sp³-hybridized carbons (Fsp3) is 0.731. The maximum absolute atomic E-state index is 14.1. The number of hydrogen-bond acceptors (Lipinski definition) is 8. The molecule has 3 fully saturated rings. The highest BCUT2D eigenvalue weighted by molar-refractivity contribution is 5.99. The third-order valence-electron chi connectivity index (χ3n) is 8.20. The molecule has 1 unspecified atom stereocenters. The van der Waals surface area contributed by atoms with E-state index in [0.717, 1.165) is 19.6 Å². The zero-order chi connectivity index (χ0) is 25.3. The molecule has 5 atom stereocenters. The summed E-state index contributed by atoms with van der Waals surface area (Å²) in [5, 5.41) is 9.32. The fourth-order valence-corrected chi connectivity index (χ4v) is 6.46. The van der Waals surface area contributed by atoms with Gasteiger partial charge in [0.1, 0.15) is 17.6 Å². The Morgan fingerprint density at radius 2 is 1.78 bits per heavy atom. The Morgan fingerprint density at radius 1 is 0.972 bits per heavy atom. The number of rotatable bonds is 7. The molecule has 5 rings (SSSR count). The number of esters is 1. The Balaban J connectivity index is 1.48. The number of aliphatic hydroxyl groups is 1. The second kappa shape index (κ2) is 10.2. The van der Waals surface area contributed by atoms with Crippen molar-refractivity contribution < 1.29 is 33.7 Å². The van der Waals surface area contributed by atoms with Gasteiger partial charge in [-0.3, -0.25) is 19.3 Å². The SMILES string of the molecule is C[C@]12C=CCCOC(=O)[C@H]1[C@H]1C(=O)N(CCCCO)C3C(=O)N(CCN4CCOCC4)CC=C[C@@]31O2. The van der Waals surface area contributed by atoms with E-state index in [1.54, 1.807) is 9.80 Å². The monoisotopic (exact) mass is 503 g/mol. The zero-order valence-electron chi connectivity index (χ0n) is 21.0. The second-order valence-corrected chi connectivity index (χ2v) is 10.5. The van der Waals surface area contributed by atoms with Gasteiger partial charge in [0, 0.05) is 45.9 Å². The molecular formula is C26H37N3O7. The molecule has 5 aliphatic heterocycles. The van der Waals surface area contributed by atoms with Crippen molar-refractivity contribution >= 4 is 17.8 Å². The summed E-state index contributed by atoms with van der Waals surface area (Å²) in [5.74, 6) is -2.57. The third-order valence-corrected chi connectivity index (χ3v) is 8.20. The van der Waals surface area contributed by atoms with Gasteiger partial charge < -0.3 is 29.1 Å². The molecule has 0 aromatic heterocycles. The molecule has 0 radical (unpaired) electrons. The predicted octanol–water partition coefficient (Wildman–Crippen LogP) is -0.0365. The Hall–Kier alpha value is -2.27. The predicted molar refractivity (Wildman–Crippen MR) is 129 cm³/mol. The lowest BCUT2D eigenvalue weighted by molar-refractivity contribution is -0.160. The second-order valence-electron chi connectivity index (χ2n) is 10.5. The number of cyclic esters (lactones) is 1. The van der Waals surface area contributed by atoms with E-state index in [-0.39, 0.29) is 25.0 Å². The quantitative estimate of drug-likeness (QED) is 0.293. The first-order valence-electron chi connectivity index (χ1n) is 13.1. The molecule has 0 aromatic rings. The zero-order valence-corrected chi connectivity index (χ0v) is 21.0. The van der Waals surface area contributed by atoms with E-state index >= 15 is 0 Å². The summed E-state index contributed by atoms with van der Waals surface area (Å²) >= 11 is 0. The fourth-order valence-electron chi connectivity index (χ4n) is 6.46. The summed E-state index contributed by atoms with van der Waals surface area (Å²) in [6, 6.07) is -0.872. The van der Waals surface area contributed by atoms with Crippen molar-refractivity contribution in [3.63, 3.8) is 0 Å². The van der Waals surface area contributed by atoms with Crippen LogP contribution in [0.15, 0.2) is 24.3 Å². The van der Waals surface area contributed by atoms with E-state index < -0.39 is 35.0 Å². The minimum Gasteiger partial charge on any atom is -0.465 e. The normalized spacial score (nSPS) is 36.7. The van der Waals surface area contributed by atoms with Crippen molar-refractivity contribution in [3.05, 3.63) is 24.3 Å². The Morgan fingerprint density at radius 3 is 2.56 bits per heavy atom. The number of carbonyl (C=O) groups excluding carboxylic acids is 3. The van der Waals surface area contributed by atoms with Crippen LogP contribution < -0.4 is 0 Å². The average Bonchev–Trinajstić information content (AvgIpc) is 3.18. The van der Waals surface area contributed by atoms with Crippen molar-refractivity contribution in [3.8, 4) is 0 Å². The van der Waals surface area contributed by atoms with Crippen molar-refractivity contribution in [1.29, 1.82) is 0 Å². The van der Waals surface area contributed by atoms with Crippen LogP contribution in [0.5, 0.6) is 0 Å². The van der Waals surface area contributed by atoms with Crippen LogP contribution in [-0.4, -0.2) is 121 Å². The summed E-state index contributed by atoms with van der Waals surface area (Å²) in [5.41, 5.74) is -2.31. The van der Waals surface area contributed by atoms with Crippen LogP contribution in [0, 0.1) is 11.8 Å². The highest BCUT2D eigenvalue weighted by atomic mass is 16.6. The number of carbonyl (C=O) groups is 3. The van der Waals surface area contributed by atoms with Gasteiger partial charge in [0.25, 0.3) is 0 Å². The van der Waals surface area contributed by atoms with Gasteiger partial charge >= 0.3 is 5.97 Å². The van der Waals surface area contributed by atoms with E-state index in [9.17, 15) is 19.5 Å². The first-order chi connectivity index (χ1) is 17.4. The molecule has 0 saturated carbocycles. The first kappa shape index (κ1) is 25.4. The van der Waals surface area contributed by atoms with Crippen LogP contribution in [0.25, 0.3) is 0 Å². The van der Waals surface area contributed by atoms with Gasteiger partial charge in [-0.15, -0.1) is 0 Å². The number of fused-ring (bicyclic) bond motifs is 2. The van der Waals surface area contributed by atoms with Gasteiger partial charge in [-0.05, 0) is 26.2 Å². The smallest absolute Gasteiger partial charge is 0.313 e. The van der Waals surface area contributed by atoms with E-state index in [2.05, 4.69) is 4.90 Å². The van der Waals surface area contributed by atoms with E-state index in [1.807, 2.05) is 31.2 Å². The lowest BCUT2D eigenvalue weighted by atomic mass is 9.74. The molecule has 3 saturated heterocycles. The van der Waals surface area contributed by atoms with Crippen molar-refractivity contribution in [2.45, 2.75) is 43.4 Å². The molecule has 1 N–H and O–H groups in total. The van der Waals surface area contributed by atoms with E-state index in [4.69, 9.17) is 14.2 Å². The Kier molecular flexibility index (Phi) is 7.22. The molecule has 5 aliphatic rings. The molecule has 0 aromatic carbocycles. The van der Waals surface area contributed by atoms with Gasteiger partial charge in [0.05, 0.1) is 31.3 Å². The van der Waals surface area contributed by atoms with Gasteiger partial charge in [-0.25, -0.2) is 0 Å². The van der Waals surface area contributed by atoms with Crippen LogP contribution in [0.2, 0.25) is 0 Å². The van der Waals surface area contributed by atoms with Crippen LogP contribution >= 0.6 is 0 Å². The Bertz CT molecular complexity index is 932. The minimum absolute atomic E-state index is 0.00904. The molecule has 1 spiro atoms. The maximum Gasteiger partial charge on any atom is 0.313 e. The van der Waals surface area contributed by atoms with Gasteiger partial charge in [-0.2, -0.15) is 0 Å². The molecule has 2 amide bonds. The summed E-state index contributed by atoms with van der Waals surface area (Å²) in [6.45, 7) is 7.09. The summed E-state index contributed by atoms with van der Waals surface area (Å²) in [4.78, 5) is 47.0. The van der Waals surface area contributed by atoms with Crippen LogP contribution in [0.4, 0.5) is 0 Å². The molecule has 10 heteroatoms. The van der Waals surface area contributed by atoms with Crippen molar-refractivity contribution in [2.75, 3.05) is 65.7 Å². The van der Waals surface area contributed by atoms with E-state index in [0.29, 0.717) is 52.1 Å². The average molecular weight is 504 g/mol. The molecule has 0 bridgehead atoms. The molecule has 36 heavy (non-hydrogen) atoms. The number of aliphatic hydroxyl groups excluding tert-OH is 1. The molecule has 10 nitrogen and oxygen atoms in total. The van der Waals surface area contributed by atoms with Gasteiger partial charge in [-0.1, -0.05) is 24.3 Å². The number of likely N-dealkylation sites (tertiary alicyclic amines) is 1. The number of hydrogen-bond donors (Lipinski definition) is 1. The highest BCUT2D eigenvalue weighted by Gasteiger charge is 2.74. The number of nitrogens with zero attached hydrogens (tertiary/aromatic N) is 3. The highest BCUT2D eigenvalue weighted by Crippen LogP contribution is 2.57. The lowest BCUT2D eigenvalue weighted by Gasteiger charge is -2.38. The molecule has 5 heterocycles. The van der Waals surface area contributed by atoms with Crippen LogP contribution in [0.3, 0.4) is 0 Å². The summed E-state index contributed by atoms with van der Waals surface area (Å²) < 4.78 is 17.7. The van der Waals surface area contributed by atoms with Gasteiger partial charge in [0.2, 0.25) is 11.8 Å². The van der Waals surface area contributed by atoms with Crippen molar-refractivity contribution in [2.24, 2.45) is 11.8 Å². The number of morpholine rings is 1. The number of unbranched alkanes of at least 4 members (excludes halogenated alkanes) is 1. The van der Waals surface area contributed by atoms with E-state index in [1.165, 1.54) is 0 Å². The lowest BCUT2D eigenvalue weighted by Crippen LogP contribution is -2.56. The molecular weight excluding hydrogens is 466 g/mol. The Labute approximate surface area is 211 Å². The summed E-state index contributed by atoms with van der Waals surface area (Å²) in [6.07, 6.45) is 9.20. The minimum atomic E-state index is -1.26. The standard InChI is InChI=1S/C26H37N3O7/c1-25-7-2-5-16-35-24(33)20(25)19-22(31)29(10-3-4-15-30)21-23(32)28(9-6-8-26(19,21)36-25)12-11-27-13-17-34-18-14-27/h2,6-8,19-21,30H,3-5,9-18H2,1H3/t19-,20+,21?,25-,26-/m0/s1. The summed E-state index contributed by atoms with van der Waals surface area (Å²) in [7, 11) is 0. The van der Waals surface area contributed by atoms with Crippen molar-refractivity contribution in [1.82, 2.24) is 14.7 Å². The first-order valence-corrected chi connectivity index (χ1v) is 13.1. The van der Waals surface area contributed by atoms with Gasteiger partial charge in [0.15, 0.2) is 0 Å². The maximum atomic E-state index is 14.1.